The molecule has 1 aromatic rings. The van der Waals surface area contributed by atoms with Crippen molar-refractivity contribution < 1.29 is 28.2 Å². The Kier molecular flexibility index (Phi) is 6.07. The van der Waals surface area contributed by atoms with Gasteiger partial charge in [-0.2, -0.15) is 0 Å². The van der Waals surface area contributed by atoms with Gasteiger partial charge in [-0.05, 0) is 12.1 Å². The fourth-order valence-electron chi connectivity index (χ4n) is 1.45. The van der Waals surface area contributed by atoms with Crippen LogP contribution in [0.1, 0.15) is 6.42 Å². The third-order valence-corrected chi connectivity index (χ3v) is 3.93. The van der Waals surface area contributed by atoms with E-state index in [4.69, 9.17) is 10.2 Å². The smallest absolute Gasteiger partial charge is 0.326 e. The first-order valence-corrected chi connectivity index (χ1v) is 7.54. The molecule has 1 aromatic carbocycles. The van der Waals surface area contributed by atoms with Crippen LogP contribution in [0.2, 0.25) is 0 Å². The summed E-state index contributed by atoms with van der Waals surface area (Å²) < 4.78 is 23.7. The lowest BCUT2D eigenvalue weighted by Gasteiger charge is -2.11. The van der Waals surface area contributed by atoms with Gasteiger partial charge in [-0.25, -0.2) is 13.2 Å². The molecule has 0 saturated carbocycles. The number of nitrogens with one attached hydrogen (secondary N) is 1. The van der Waals surface area contributed by atoms with E-state index in [0.717, 1.165) is 6.08 Å². The van der Waals surface area contributed by atoms with E-state index in [0.29, 0.717) is 5.41 Å². The number of carboxylic acids is 1. The number of carboxylic acid groups (broad SMARTS) is 1. The Morgan fingerprint density at radius 2 is 1.86 bits per heavy atom. The monoisotopic (exact) mass is 313 g/mol. The topological polar surface area (TPSA) is 121 Å². The van der Waals surface area contributed by atoms with E-state index in [2.05, 4.69) is 5.32 Å². The molecule has 21 heavy (non-hydrogen) atoms. The Balaban J connectivity index is 2.76. The van der Waals surface area contributed by atoms with Gasteiger partial charge in [-0.15, -0.1) is 0 Å². The second kappa shape index (κ2) is 7.55. The number of hydrogen-bond acceptors (Lipinski definition) is 5. The highest BCUT2D eigenvalue weighted by atomic mass is 32.2. The van der Waals surface area contributed by atoms with E-state index in [1.807, 2.05) is 0 Å². The minimum atomic E-state index is -3.76. The Hall–Kier alpha value is -2.19. The summed E-state index contributed by atoms with van der Waals surface area (Å²) in [5, 5.41) is 20.3. The molecule has 8 heteroatoms. The molecule has 0 aliphatic rings. The van der Waals surface area contributed by atoms with Gasteiger partial charge in [-0.1, -0.05) is 18.2 Å². The quantitative estimate of drug-likeness (QED) is 0.606. The average Bonchev–Trinajstić information content (AvgIpc) is 2.45. The predicted molar refractivity (Wildman–Crippen MR) is 74.0 cm³/mol. The van der Waals surface area contributed by atoms with Gasteiger partial charge in [0.2, 0.25) is 5.91 Å². The summed E-state index contributed by atoms with van der Waals surface area (Å²) in [6, 6.07) is 6.23. The fourth-order valence-corrected chi connectivity index (χ4v) is 2.44. The first-order valence-electron chi connectivity index (χ1n) is 5.99. The molecule has 0 bridgehead atoms. The molecule has 3 N–H and O–H groups in total. The predicted octanol–water partition coefficient (Wildman–Crippen LogP) is -0.0742. The normalized spacial score (nSPS) is 13.0. The van der Waals surface area contributed by atoms with E-state index in [9.17, 15) is 18.0 Å². The van der Waals surface area contributed by atoms with Crippen LogP contribution in [0.15, 0.2) is 46.7 Å². The highest BCUT2D eigenvalue weighted by Gasteiger charge is 2.18. The van der Waals surface area contributed by atoms with Gasteiger partial charge >= 0.3 is 5.97 Å². The van der Waals surface area contributed by atoms with Crippen molar-refractivity contribution in [3.8, 4) is 0 Å². The Morgan fingerprint density at radius 1 is 1.24 bits per heavy atom. The van der Waals surface area contributed by atoms with Crippen LogP contribution in [0.5, 0.6) is 0 Å². The molecule has 0 saturated heterocycles. The molecule has 0 fully saturated rings. The number of carbonyl (C=O) groups is 2. The summed E-state index contributed by atoms with van der Waals surface area (Å²) in [7, 11) is -3.76. The van der Waals surface area contributed by atoms with Crippen molar-refractivity contribution in [3.05, 3.63) is 41.8 Å². The maximum atomic E-state index is 11.9. The molecule has 0 aliphatic heterocycles. The molecule has 1 atom stereocenters. The van der Waals surface area contributed by atoms with Crippen molar-refractivity contribution in [2.75, 3.05) is 6.61 Å². The van der Waals surface area contributed by atoms with Crippen LogP contribution >= 0.6 is 0 Å². The van der Waals surface area contributed by atoms with E-state index in [1.165, 1.54) is 12.1 Å². The van der Waals surface area contributed by atoms with Gasteiger partial charge < -0.3 is 15.5 Å². The standard InChI is InChI=1S/C13H15NO6S/c15-8-6-11(13(17)18)14-12(16)7-9-21(19,20)10-4-2-1-3-5-10/h1-5,7,9,11,15H,6,8H2,(H,14,16)(H,17,18)/b9-7+/t11-/m0/s1. The summed E-state index contributed by atoms with van der Waals surface area (Å²) in [5.41, 5.74) is 0. The number of aliphatic hydroxyl groups is 1. The minimum absolute atomic E-state index is 0.0270. The molecule has 0 heterocycles. The molecule has 1 amide bonds. The van der Waals surface area contributed by atoms with E-state index >= 15 is 0 Å². The van der Waals surface area contributed by atoms with Crippen molar-refractivity contribution >= 4 is 21.7 Å². The zero-order valence-electron chi connectivity index (χ0n) is 11.0. The lowest BCUT2D eigenvalue weighted by molar-refractivity contribution is -0.141. The number of amides is 1. The molecule has 1 rings (SSSR count). The minimum Gasteiger partial charge on any atom is -0.480 e. The molecule has 0 spiro atoms. The molecule has 0 aliphatic carbocycles. The third-order valence-electron chi connectivity index (χ3n) is 2.50. The van der Waals surface area contributed by atoms with Crippen molar-refractivity contribution in [2.45, 2.75) is 17.4 Å². The van der Waals surface area contributed by atoms with Gasteiger partial charge in [0.05, 0.1) is 4.90 Å². The lowest BCUT2D eigenvalue weighted by Crippen LogP contribution is -2.40. The molecular weight excluding hydrogens is 298 g/mol. The van der Waals surface area contributed by atoms with Crippen LogP contribution in [0, 0.1) is 0 Å². The highest BCUT2D eigenvalue weighted by molar-refractivity contribution is 7.94. The SMILES string of the molecule is O=C(/C=C/S(=O)(=O)c1ccccc1)N[C@@H](CCO)C(=O)O. The number of aliphatic hydroxyl groups excluding tert-OH is 1. The van der Waals surface area contributed by atoms with Gasteiger partial charge in [0, 0.05) is 24.5 Å². The number of rotatable bonds is 7. The van der Waals surface area contributed by atoms with Crippen molar-refractivity contribution in [3.63, 3.8) is 0 Å². The summed E-state index contributed by atoms with van der Waals surface area (Å²) in [5.74, 6) is -2.17. The van der Waals surface area contributed by atoms with Gasteiger partial charge in [0.25, 0.3) is 0 Å². The lowest BCUT2D eigenvalue weighted by atomic mass is 10.2. The van der Waals surface area contributed by atoms with Crippen LogP contribution in [0.3, 0.4) is 0 Å². The molecule has 0 aromatic heterocycles. The highest BCUT2D eigenvalue weighted by Crippen LogP contribution is 2.10. The Labute approximate surface area is 121 Å². The third kappa shape index (κ3) is 5.36. The van der Waals surface area contributed by atoms with Crippen molar-refractivity contribution in [1.29, 1.82) is 0 Å². The van der Waals surface area contributed by atoms with Crippen LogP contribution in [0.4, 0.5) is 0 Å². The molecule has 0 unspecified atom stereocenters. The maximum absolute atomic E-state index is 11.9. The van der Waals surface area contributed by atoms with Crippen LogP contribution in [0.25, 0.3) is 0 Å². The van der Waals surface area contributed by atoms with Gasteiger partial charge in [0.15, 0.2) is 9.84 Å². The average molecular weight is 313 g/mol. The summed E-state index contributed by atoms with van der Waals surface area (Å²) in [6.45, 7) is -0.413. The van der Waals surface area contributed by atoms with Gasteiger partial charge in [0.1, 0.15) is 6.04 Å². The van der Waals surface area contributed by atoms with Gasteiger partial charge in [-0.3, -0.25) is 4.79 Å². The number of carbonyl (C=O) groups excluding carboxylic acids is 1. The maximum Gasteiger partial charge on any atom is 0.326 e. The molecular formula is C13H15NO6S. The second-order valence-corrected chi connectivity index (χ2v) is 5.91. The molecule has 114 valence electrons. The zero-order chi connectivity index (χ0) is 15.9. The van der Waals surface area contributed by atoms with E-state index < -0.39 is 34.4 Å². The Bertz CT molecular complexity index is 623. The van der Waals surface area contributed by atoms with E-state index in [1.54, 1.807) is 18.2 Å². The number of benzene rings is 1. The summed E-state index contributed by atoms with van der Waals surface area (Å²) >= 11 is 0. The number of aliphatic carboxylic acids is 1. The summed E-state index contributed by atoms with van der Waals surface area (Å²) in [6.07, 6.45) is 0.579. The van der Waals surface area contributed by atoms with Crippen molar-refractivity contribution in [1.82, 2.24) is 5.32 Å². The number of hydrogen-bond donors (Lipinski definition) is 3. The first kappa shape index (κ1) is 16.9. The van der Waals surface area contributed by atoms with Crippen LogP contribution in [-0.4, -0.2) is 43.2 Å². The largest absolute Gasteiger partial charge is 0.480 e. The zero-order valence-corrected chi connectivity index (χ0v) is 11.8. The molecule has 0 radical (unpaired) electrons. The van der Waals surface area contributed by atoms with E-state index in [-0.39, 0.29) is 11.3 Å². The summed E-state index contributed by atoms with van der Waals surface area (Å²) in [4.78, 5) is 22.3. The fraction of sp³-hybridized carbons (Fsp3) is 0.231. The number of sulfone groups is 1. The molecule has 7 nitrogen and oxygen atoms in total. The van der Waals surface area contributed by atoms with Crippen LogP contribution in [-0.2, 0) is 19.4 Å². The van der Waals surface area contributed by atoms with Crippen LogP contribution < -0.4 is 5.32 Å². The first-order chi connectivity index (χ1) is 9.86. The van der Waals surface area contributed by atoms with Crippen molar-refractivity contribution in [2.24, 2.45) is 0 Å². The Morgan fingerprint density at radius 3 is 2.38 bits per heavy atom. The second-order valence-electron chi connectivity index (χ2n) is 4.07.